The first-order valence-corrected chi connectivity index (χ1v) is 8.29. The summed E-state index contributed by atoms with van der Waals surface area (Å²) in [4.78, 5) is 7.11. The highest BCUT2D eigenvalue weighted by atomic mass is 15.2. The van der Waals surface area contributed by atoms with Gasteiger partial charge in [0.05, 0.1) is 0 Å². The van der Waals surface area contributed by atoms with E-state index in [1.54, 1.807) is 0 Å². The van der Waals surface area contributed by atoms with Gasteiger partial charge in [0.15, 0.2) is 0 Å². The summed E-state index contributed by atoms with van der Waals surface area (Å²) < 4.78 is 0. The highest BCUT2D eigenvalue weighted by Gasteiger charge is 2.32. The second kappa shape index (κ2) is 6.57. The number of anilines is 1. The van der Waals surface area contributed by atoms with Gasteiger partial charge in [-0.05, 0) is 62.8 Å². The Hall–Kier alpha value is -1.09. The molecular formula is C17H27N3. The summed E-state index contributed by atoms with van der Waals surface area (Å²) in [5, 5.41) is 3.31. The normalized spacial score (nSPS) is 27.1. The van der Waals surface area contributed by atoms with Gasteiger partial charge in [0.1, 0.15) is 5.82 Å². The lowest BCUT2D eigenvalue weighted by molar-refractivity contribution is 0.0547. The predicted octanol–water partition coefficient (Wildman–Crippen LogP) is 3.67. The lowest BCUT2D eigenvalue weighted by atomic mass is 9.78. The Balaban J connectivity index is 1.68. The van der Waals surface area contributed by atoms with Crippen LogP contribution in [-0.4, -0.2) is 29.0 Å². The van der Waals surface area contributed by atoms with Crippen molar-refractivity contribution in [3.05, 3.63) is 23.9 Å². The topological polar surface area (TPSA) is 28.2 Å². The van der Waals surface area contributed by atoms with Crippen molar-refractivity contribution in [3.8, 4) is 0 Å². The molecule has 1 saturated carbocycles. The van der Waals surface area contributed by atoms with Gasteiger partial charge in [0.25, 0.3) is 0 Å². The lowest BCUT2D eigenvalue weighted by Gasteiger charge is -2.44. The third-order valence-electron chi connectivity index (χ3n) is 4.93. The molecule has 2 fully saturated rings. The number of fused-ring (bicyclic) bond motifs is 1. The first-order chi connectivity index (χ1) is 9.86. The van der Waals surface area contributed by atoms with Gasteiger partial charge in [-0.15, -0.1) is 0 Å². The van der Waals surface area contributed by atoms with Gasteiger partial charge in [-0.25, -0.2) is 4.98 Å². The molecule has 1 aromatic rings. The molecule has 0 unspecified atom stereocenters. The van der Waals surface area contributed by atoms with E-state index < -0.39 is 0 Å². The Kier molecular flexibility index (Phi) is 4.56. The summed E-state index contributed by atoms with van der Waals surface area (Å²) in [7, 11) is 0. The molecule has 2 heterocycles. The molecule has 0 aromatic carbocycles. The third-order valence-corrected chi connectivity index (χ3v) is 4.93. The fraction of sp³-hybridized carbons (Fsp3) is 0.706. The predicted molar refractivity (Wildman–Crippen MR) is 83.8 cm³/mol. The van der Waals surface area contributed by atoms with Crippen molar-refractivity contribution < 1.29 is 0 Å². The largest absolute Gasteiger partial charge is 0.370 e. The number of rotatable bonds is 4. The number of aromatic nitrogens is 1. The van der Waals surface area contributed by atoms with E-state index in [9.17, 15) is 0 Å². The smallest absolute Gasteiger partial charge is 0.126 e. The number of nitrogens with zero attached hydrogens (tertiary/aromatic N) is 2. The zero-order chi connectivity index (χ0) is 13.8. The molecule has 1 saturated heterocycles. The summed E-state index contributed by atoms with van der Waals surface area (Å²) in [6, 6.07) is 5.23. The number of hydrogen-bond donors (Lipinski definition) is 1. The van der Waals surface area contributed by atoms with E-state index in [0.717, 1.165) is 30.9 Å². The maximum atomic E-state index is 4.37. The first-order valence-electron chi connectivity index (χ1n) is 8.29. The van der Waals surface area contributed by atoms with Crippen molar-refractivity contribution in [3.63, 3.8) is 0 Å². The highest BCUT2D eigenvalue weighted by molar-refractivity contribution is 5.37. The molecule has 1 aromatic heterocycles. The van der Waals surface area contributed by atoms with Crippen LogP contribution in [0.2, 0.25) is 0 Å². The van der Waals surface area contributed by atoms with Crippen LogP contribution in [-0.2, 0) is 6.54 Å². The van der Waals surface area contributed by atoms with Crippen molar-refractivity contribution in [1.29, 1.82) is 0 Å². The number of pyridine rings is 1. The van der Waals surface area contributed by atoms with Crippen LogP contribution in [0.4, 0.5) is 5.82 Å². The van der Waals surface area contributed by atoms with Gasteiger partial charge in [0, 0.05) is 25.3 Å². The second-order valence-corrected chi connectivity index (χ2v) is 6.30. The molecule has 0 bridgehead atoms. The van der Waals surface area contributed by atoms with E-state index in [1.165, 1.54) is 50.6 Å². The Labute approximate surface area is 122 Å². The SMILES string of the molecule is CCNc1cc(CN2CCC[C@H]3CCCC[C@H]32)ccn1. The van der Waals surface area contributed by atoms with E-state index in [4.69, 9.17) is 0 Å². The number of hydrogen-bond acceptors (Lipinski definition) is 3. The van der Waals surface area contributed by atoms with E-state index in [0.29, 0.717) is 0 Å². The maximum absolute atomic E-state index is 4.37. The van der Waals surface area contributed by atoms with Crippen molar-refractivity contribution in [2.24, 2.45) is 5.92 Å². The zero-order valence-electron chi connectivity index (χ0n) is 12.6. The molecule has 110 valence electrons. The van der Waals surface area contributed by atoms with Gasteiger partial charge in [-0.2, -0.15) is 0 Å². The Morgan fingerprint density at radius 2 is 2.10 bits per heavy atom. The number of nitrogens with one attached hydrogen (secondary N) is 1. The van der Waals surface area contributed by atoms with E-state index in [2.05, 4.69) is 34.3 Å². The fourth-order valence-electron chi connectivity index (χ4n) is 4.01. The monoisotopic (exact) mass is 273 g/mol. The molecule has 2 aliphatic rings. The summed E-state index contributed by atoms with van der Waals surface area (Å²) in [6.45, 7) is 5.43. The zero-order valence-corrected chi connectivity index (χ0v) is 12.6. The van der Waals surface area contributed by atoms with Crippen LogP contribution in [0.15, 0.2) is 18.3 Å². The van der Waals surface area contributed by atoms with Gasteiger partial charge in [-0.3, -0.25) is 4.90 Å². The molecule has 1 aliphatic heterocycles. The molecule has 3 rings (SSSR count). The van der Waals surface area contributed by atoms with E-state index >= 15 is 0 Å². The Morgan fingerprint density at radius 1 is 1.25 bits per heavy atom. The fourth-order valence-corrected chi connectivity index (χ4v) is 4.01. The summed E-state index contributed by atoms with van der Waals surface area (Å²) in [6.07, 6.45) is 10.5. The van der Waals surface area contributed by atoms with Gasteiger partial charge in [-0.1, -0.05) is 12.8 Å². The molecule has 0 radical (unpaired) electrons. The standard InChI is InChI=1S/C17H27N3/c1-2-18-17-12-14(9-10-19-17)13-20-11-5-7-15-6-3-4-8-16(15)20/h9-10,12,15-16H,2-8,11,13H2,1H3,(H,18,19)/t15-,16-/m1/s1. The molecular weight excluding hydrogens is 246 g/mol. The molecule has 1 N–H and O–H groups in total. The molecule has 0 spiro atoms. The van der Waals surface area contributed by atoms with Crippen LogP contribution in [0, 0.1) is 5.92 Å². The van der Waals surface area contributed by atoms with E-state index in [1.807, 2.05) is 6.20 Å². The average Bonchev–Trinajstić information content (AvgIpc) is 2.48. The van der Waals surface area contributed by atoms with Crippen LogP contribution in [0.1, 0.15) is 51.0 Å². The van der Waals surface area contributed by atoms with Crippen LogP contribution in [0.25, 0.3) is 0 Å². The quantitative estimate of drug-likeness (QED) is 0.907. The molecule has 20 heavy (non-hydrogen) atoms. The Bertz CT molecular complexity index is 430. The molecule has 0 amide bonds. The second-order valence-electron chi connectivity index (χ2n) is 6.30. The van der Waals surface area contributed by atoms with Gasteiger partial charge in [0.2, 0.25) is 0 Å². The van der Waals surface area contributed by atoms with Crippen molar-refractivity contribution in [2.75, 3.05) is 18.4 Å². The maximum Gasteiger partial charge on any atom is 0.126 e. The van der Waals surface area contributed by atoms with Crippen molar-refractivity contribution >= 4 is 5.82 Å². The number of likely N-dealkylation sites (tertiary alicyclic amines) is 1. The van der Waals surface area contributed by atoms with Crippen molar-refractivity contribution in [2.45, 2.75) is 58.0 Å². The number of piperidine rings is 1. The summed E-state index contributed by atoms with van der Waals surface area (Å²) >= 11 is 0. The average molecular weight is 273 g/mol. The van der Waals surface area contributed by atoms with Gasteiger partial charge >= 0.3 is 0 Å². The minimum absolute atomic E-state index is 0.841. The highest BCUT2D eigenvalue weighted by Crippen LogP contribution is 2.35. The van der Waals surface area contributed by atoms with Gasteiger partial charge < -0.3 is 5.32 Å². The van der Waals surface area contributed by atoms with E-state index in [-0.39, 0.29) is 0 Å². The van der Waals surface area contributed by atoms with Crippen LogP contribution < -0.4 is 5.32 Å². The van der Waals surface area contributed by atoms with Crippen molar-refractivity contribution in [1.82, 2.24) is 9.88 Å². The summed E-state index contributed by atoms with van der Waals surface area (Å²) in [5.74, 6) is 1.98. The Morgan fingerprint density at radius 3 is 3.00 bits per heavy atom. The third kappa shape index (κ3) is 3.14. The molecule has 3 heteroatoms. The van der Waals surface area contributed by atoms with Crippen LogP contribution in [0.5, 0.6) is 0 Å². The molecule has 3 nitrogen and oxygen atoms in total. The first kappa shape index (κ1) is 13.9. The van der Waals surface area contributed by atoms with Crippen LogP contribution in [0.3, 0.4) is 0 Å². The molecule has 2 atom stereocenters. The summed E-state index contributed by atoms with van der Waals surface area (Å²) in [5.41, 5.74) is 1.40. The minimum atomic E-state index is 0.841. The minimum Gasteiger partial charge on any atom is -0.370 e. The lowest BCUT2D eigenvalue weighted by Crippen LogP contribution is -2.46. The van der Waals surface area contributed by atoms with Crippen LogP contribution >= 0.6 is 0 Å². The molecule has 1 aliphatic carbocycles.